The molecule has 0 saturated carbocycles. The van der Waals surface area contributed by atoms with Crippen molar-refractivity contribution in [3.63, 3.8) is 0 Å². The second-order valence-corrected chi connectivity index (χ2v) is 23.3. The predicted molar refractivity (Wildman–Crippen MR) is 326 cm³/mol. The Bertz CT molecular complexity index is 2140. The summed E-state index contributed by atoms with van der Waals surface area (Å²) in [5, 5.41) is 132. The van der Waals surface area contributed by atoms with Crippen LogP contribution in [-0.2, 0) is 76.3 Å². The van der Waals surface area contributed by atoms with E-state index < -0.39 is 141 Å². The summed E-state index contributed by atoms with van der Waals surface area (Å²) in [6, 6.07) is 0. The van der Waals surface area contributed by atoms with Gasteiger partial charge in [-0.1, -0.05) is 6.92 Å². The maximum absolute atomic E-state index is 12.7. The van der Waals surface area contributed by atoms with Gasteiger partial charge < -0.3 is 131 Å². The molecule has 0 spiro atoms. The smallest absolute Gasteiger partial charge is 0.234 e. The van der Waals surface area contributed by atoms with Crippen LogP contribution in [0.25, 0.3) is 0 Å². The molecule has 0 aromatic carbocycles. The molecular weight excluding hydrogens is 1250 g/mol. The monoisotopic (exact) mass is 1360 g/mol. The van der Waals surface area contributed by atoms with Crippen molar-refractivity contribution in [2.75, 3.05) is 105 Å². The fourth-order valence-electron chi connectivity index (χ4n) is 9.51. The van der Waals surface area contributed by atoms with Gasteiger partial charge in [-0.25, -0.2) is 0 Å². The van der Waals surface area contributed by atoms with Crippen LogP contribution in [-0.4, -0.2) is 346 Å². The second-order valence-electron chi connectivity index (χ2n) is 23.3. The van der Waals surface area contributed by atoms with Crippen LogP contribution in [0.3, 0.4) is 0 Å². The predicted octanol–water partition coefficient (Wildman–Crippen LogP) is -7.92. The molecule has 4 rings (SSSR count). The van der Waals surface area contributed by atoms with Crippen molar-refractivity contribution in [1.29, 1.82) is 0 Å². The first-order chi connectivity index (χ1) is 44.4. The SMILES string of the molecule is CC(=O)CCCC(=O)CN(CC(=O)CCCO[C@@H]1O[C@@H](C)[C@@H](O)[C@@H](O)[C@@H]1O)CC(=O)CCCO[C@@H]1O[C@@H](C)[C@@H](O)[C@@H](O)[C@@H]1O.CCNC.CCNC(=O)CCNC(=O)CN(CC(=O)NCCO[C@@H]1O[C@@H](C)[C@@H](O)[C@@H](O)[C@@H]1O)CC(=O)NCCO[C@@H]1O[C@@H](C)[C@@H](O)[C@@H](O)[C@@H]1O. The van der Waals surface area contributed by atoms with Gasteiger partial charge in [0, 0.05) is 58.3 Å². The Hall–Kier alpha value is -4.36. The molecule has 4 fully saturated rings. The molecule has 20 atom stereocenters. The number of carbonyl (C=O) groups excluding carboxylic acids is 8. The molecule has 17 N–H and O–H groups in total. The average Bonchev–Trinajstić information content (AvgIpc) is 0.879. The standard InChI is InChI=1S/C29H49NO14.C27H49N5O14.C3H9N/c1-16(31)7-4-8-19(32)13-30(14-20(33)9-5-11-41-28-26(39)24(37)22(35)17(2)43-28)15-21(34)10-6-12-42-29-27(40)25(38)23(36)18(3)44-29;1-4-28-16(33)5-6-29-17(34)11-32(12-18(35)30-7-9-43-26-24(41)22(39)20(37)14(2)45-26)13-19(36)31-8-10-44-27-25(42)23(40)21(38)15(3)46-27;1-3-4-2/h17-18,22-29,35-40H,4-15H2,1-3H3;14-15,20-27,37-42H,4-13H2,1-3H3,(H,28,33)(H,29,34)(H,30,35)(H,31,36);4H,3H2,1-2H3/t17-,18-,22+,23+,24+,25+,26-,27-,28+,29+;14-,15-,20+,21+,22+,23+,24-,25-,26+,27+;/m00./s1. The highest BCUT2D eigenvalue weighted by molar-refractivity contribution is 5.87. The van der Waals surface area contributed by atoms with Gasteiger partial charge in [0.15, 0.2) is 25.2 Å². The first-order valence-electron chi connectivity index (χ1n) is 31.8. The Balaban J connectivity index is 0.000000606. The minimum Gasteiger partial charge on any atom is -0.388 e. The van der Waals surface area contributed by atoms with Crippen molar-refractivity contribution < 1.29 is 138 Å². The van der Waals surface area contributed by atoms with Gasteiger partial charge in [0.25, 0.3) is 0 Å². The van der Waals surface area contributed by atoms with Gasteiger partial charge in [0.1, 0.15) is 96.4 Å². The fraction of sp³-hybridized carbons (Fsp3) is 0.864. The van der Waals surface area contributed by atoms with Crippen LogP contribution < -0.4 is 26.6 Å². The van der Waals surface area contributed by atoms with Crippen molar-refractivity contribution in [1.82, 2.24) is 36.4 Å². The number of nitrogens with one attached hydrogen (secondary N) is 5. The van der Waals surface area contributed by atoms with Gasteiger partial charge in [0.05, 0.1) is 90.1 Å². The molecule has 4 aliphatic heterocycles. The van der Waals surface area contributed by atoms with Crippen LogP contribution >= 0.6 is 0 Å². The molecule has 0 radical (unpaired) electrons. The van der Waals surface area contributed by atoms with E-state index in [1.54, 1.807) is 6.92 Å². The molecule has 4 heterocycles. The number of ketones is 4. The molecule has 4 saturated heterocycles. The Kier molecular flexibility index (Phi) is 42.0. The van der Waals surface area contributed by atoms with Crippen molar-refractivity contribution >= 4 is 46.8 Å². The summed E-state index contributed by atoms with van der Waals surface area (Å²) >= 11 is 0. The molecule has 546 valence electrons. The zero-order valence-electron chi connectivity index (χ0n) is 55.1. The number of hydrogen-bond donors (Lipinski definition) is 17. The lowest BCUT2D eigenvalue weighted by Gasteiger charge is -2.38. The highest BCUT2D eigenvalue weighted by Crippen LogP contribution is 2.25. The Morgan fingerprint density at radius 3 is 0.936 bits per heavy atom. The summed E-state index contributed by atoms with van der Waals surface area (Å²) in [6.45, 7) is 10.9. The average molecular weight is 1360 g/mol. The maximum atomic E-state index is 12.7. The van der Waals surface area contributed by atoms with Crippen LogP contribution in [0, 0.1) is 0 Å². The molecule has 0 aromatic rings. The largest absolute Gasteiger partial charge is 0.388 e. The molecule has 35 nitrogen and oxygen atoms in total. The number of rotatable bonds is 39. The molecule has 0 bridgehead atoms. The minimum absolute atomic E-state index is 0.0140. The van der Waals surface area contributed by atoms with Crippen LogP contribution in [0.15, 0.2) is 0 Å². The number of amides is 4. The molecule has 4 aliphatic rings. The number of carbonyl (C=O) groups is 8. The summed E-state index contributed by atoms with van der Waals surface area (Å²) in [7, 11) is 1.93. The van der Waals surface area contributed by atoms with Gasteiger partial charge in [-0.2, -0.15) is 0 Å². The second kappa shape index (κ2) is 46.0. The first kappa shape index (κ1) is 85.7. The summed E-state index contributed by atoms with van der Waals surface area (Å²) < 4.78 is 43.0. The normalized spacial score (nSPS) is 30.8. The highest BCUT2D eigenvalue weighted by Gasteiger charge is 2.45. The lowest BCUT2D eigenvalue weighted by molar-refractivity contribution is -0.293. The number of aliphatic hydroxyl groups is 12. The van der Waals surface area contributed by atoms with Crippen molar-refractivity contribution in [2.45, 2.75) is 223 Å². The van der Waals surface area contributed by atoms with Crippen molar-refractivity contribution in [3.8, 4) is 0 Å². The number of hydrogen-bond acceptors (Lipinski definition) is 31. The third kappa shape index (κ3) is 31.9. The van der Waals surface area contributed by atoms with E-state index in [4.69, 9.17) is 37.9 Å². The van der Waals surface area contributed by atoms with Crippen LogP contribution in [0.1, 0.15) is 99.8 Å². The van der Waals surface area contributed by atoms with Crippen LogP contribution in [0.5, 0.6) is 0 Å². The van der Waals surface area contributed by atoms with Gasteiger partial charge >= 0.3 is 0 Å². The Labute approximate surface area is 547 Å². The van der Waals surface area contributed by atoms with Gasteiger partial charge in [-0.15, -0.1) is 0 Å². The molecule has 0 aliphatic carbocycles. The Morgan fingerprint density at radius 2 is 0.638 bits per heavy atom. The van der Waals surface area contributed by atoms with Gasteiger partial charge in [-0.05, 0) is 74.4 Å². The van der Waals surface area contributed by atoms with E-state index in [1.807, 2.05) is 7.05 Å². The molecule has 94 heavy (non-hydrogen) atoms. The summed E-state index contributed by atoms with van der Waals surface area (Å²) in [5.74, 6) is -2.68. The van der Waals surface area contributed by atoms with E-state index in [2.05, 4.69) is 33.5 Å². The number of aliphatic hydroxyl groups excluding tert-OH is 12. The van der Waals surface area contributed by atoms with Gasteiger partial charge in [-0.3, -0.25) is 43.4 Å². The molecule has 35 heteroatoms. The van der Waals surface area contributed by atoms with E-state index in [9.17, 15) is 99.6 Å². The highest BCUT2D eigenvalue weighted by atomic mass is 16.7. The third-order valence-corrected chi connectivity index (χ3v) is 15.1. The fourth-order valence-corrected chi connectivity index (χ4v) is 9.51. The summed E-state index contributed by atoms with van der Waals surface area (Å²) in [4.78, 5) is 101. The van der Waals surface area contributed by atoms with Crippen molar-refractivity contribution in [3.05, 3.63) is 0 Å². The third-order valence-electron chi connectivity index (χ3n) is 15.1. The molecule has 4 amide bonds. The van der Waals surface area contributed by atoms with Crippen LogP contribution in [0.2, 0.25) is 0 Å². The number of Topliss-reactive ketones (excluding diaryl/α,β-unsaturated/α-hetero) is 4. The van der Waals surface area contributed by atoms with Crippen LogP contribution in [0.4, 0.5) is 0 Å². The van der Waals surface area contributed by atoms with E-state index in [1.165, 1.54) is 44.4 Å². The van der Waals surface area contributed by atoms with Crippen molar-refractivity contribution in [2.24, 2.45) is 0 Å². The lowest BCUT2D eigenvalue weighted by atomic mass is 10.00. The first-order valence-corrected chi connectivity index (χ1v) is 31.8. The summed E-state index contributed by atoms with van der Waals surface area (Å²) in [6.07, 6.45) is -23.4. The van der Waals surface area contributed by atoms with E-state index >= 15 is 0 Å². The van der Waals surface area contributed by atoms with E-state index in [-0.39, 0.29) is 159 Å². The zero-order valence-corrected chi connectivity index (χ0v) is 55.1. The van der Waals surface area contributed by atoms with E-state index in [0.29, 0.717) is 13.0 Å². The molecule has 0 aromatic heterocycles. The Morgan fingerprint density at radius 1 is 0.351 bits per heavy atom. The topological polar surface area (TPSA) is 520 Å². The minimum atomic E-state index is -1.50. The maximum Gasteiger partial charge on any atom is 0.234 e. The van der Waals surface area contributed by atoms with E-state index in [0.717, 1.165) is 6.54 Å². The summed E-state index contributed by atoms with van der Waals surface area (Å²) in [5.41, 5.74) is 0. The number of nitrogens with zero attached hydrogens (tertiary/aromatic N) is 2. The quantitative estimate of drug-likeness (QED) is 0.0254. The molecule has 0 unspecified atom stereocenters. The van der Waals surface area contributed by atoms with Gasteiger partial charge in [0.2, 0.25) is 23.6 Å². The lowest BCUT2D eigenvalue weighted by Crippen LogP contribution is -2.57. The molecular formula is C59H107N7O28. The number of ether oxygens (including phenoxy) is 8. The zero-order chi connectivity index (χ0) is 70.8.